The van der Waals surface area contributed by atoms with Crippen molar-refractivity contribution in [2.45, 2.75) is 97.1 Å². The van der Waals surface area contributed by atoms with E-state index in [2.05, 4.69) is 73.7 Å². The molecule has 3 rings (SSSR count). The summed E-state index contributed by atoms with van der Waals surface area (Å²) in [4.78, 5) is 13.0. The first-order chi connectivity index (χ1) is 15.6. The molecular formula is C28H41BO4Si. The molecule has 184 valence electrons. The number of benzene rings is 2. The van der Waals surface area contributed by atoms with Crippen molar-refractivity contribution >= 4 is 26.7 Å². The predicted octanol–water partition coefficient (Wildman–Crippen LogP) is 6.11. The van der Waals surface area contributed by atoms with Gasteiger partial charge in [0.05, 0.1) is 11.2 Å². The standard InChI is InChI=1S/C28H41BO4Si/c1-26(2,3)34(8,9)31-25-18-16-23(29-32-27(4,5)28(6,7)33-29)19-22(25)20-24(30)17-15-21-13-11-10-12-14-21/h10-14,16,18-19H,15,17,20H2,1-9H3. The van der Waals surface area contributed by atoms with Crippen molar-refractivity contribution in [1.82, 2.24) is 0 Å². The highest BCUT2D eigenvalue weighted by Crippen LogP contribution is 2.39. The van der Waals surface area contributed by atoms with Crippen LogP contribution in [0.25, 0.3) is 0 Å². The molecule has 1 heterocycles. The molecule has 1 aliphatic heterocycles. The molecule has 6 heteroatoms. The molecule has 0 saturated carbocycles. The van der Waals surface area contributed by atoms with Gasteiger partial charge in [0, 0.05) is 12.8 Å². The Morgan fingerprint density at radius 1 is 0.971 bits per heavy atom. The fourth-order valence-electron chi connectivity index (χ4n) is 3.62. The molecule has 0 amide bonds. The fourth-order valence-corrected chi connectivity index (χ4v) is 4.68. The smallest absolute Gasteiger partial charge is 0.494 e. The summed E-state index contributed by atoms with van der Waals surface area (Å²) in [5.41, 5.74) is 2.18. The highest BCUT2D eigenvalue weighted by molar-refractivity contribution is 6.74. The minimum absolute atomic E-state index is 0.0615. The van der Waals surface area contributed by atoms with Crippen LogP contribution in [0.15, 0.2) is 48.5 Å². The van der Waals surface area contributed by atoms with Crippen LogP contribution in [0, 0.1) is 0 Å². The Morgan fingerprint density at radius 3 is 2.12 bits per heavy atom. The normalized spacial score (nSPS) is 17.6. The van der Waals surface area contributed by atoms with E-state index in [0.29, 0.717) is 12.8 Å². The SMILES string of the molecule is CC1(C)OB(c2ccc(O[Si](C)(C)C(C)(C)C)c(CC(=O)CCc3ccccc3)c2)OC1(C)C. The summed E-state index contributed by atoms with van der Waals surface area (Å²) in [5.74, 6) is 1.01. The minimum Gasteiger partial charge on any atom is -0.543 e. The Kier molecular flexibility index (Phi) is 7.57. The van der Waals surface area contributed by atoms with Gasteiger partial charge in [-0.1, -0.05) is 63.2 Å². The summed E-state index contributed by atoms with van der Waals surface area (Å²) < 4.78 is 19.2. The van der Waals surface area contributed by atoms with Crippen molar-refractivity contribution in [2.24, 2.45) is 0 Å². The first-order valence-corrected chi connectivity index (χ1v) is 15.3. The molecule has 1 saturated heterocycles. The predicted molar refractivity (Wildman–Crippen MR) is 143 cm³/mol. The number of carbonyl (C=O) groups is 1. The molecule has 0 spiro atoms. The quantitative estimate of drug-likeness (QED) is 0.428. The lowest BCUT2D eigenvalue weighted by atomic mass is 9.78. The van der Waals surface area contributed by atoms with Crippen molar-refractivity contribution in [3.63, 3.8) is 0 Å². The van der Waals surface area contributed by atoms with Gasteiger partial charge in [-0.15, -0.1) is 0 Å². The number of carbonyl (C=O) groups excluding carboxylic acids is 1. The van der Waals surface area contributed by atoms with Crippen molar-refractivity contribution < 1.29 is 18.5 Å². The van der Waals surface area contributed by atoms with E-state index in [1.54, 1.807) is 0 Å². The average Bonchev–Trinajstić information content (AvgIpc) is 2.94. The van der Waals surface area contributed by atoms with Gasteiger partial charge in [0.25, 0.3) is 0 Å². The second kappa shape index (κ2) is 9.63. The zero-order valence-electron chi connectivity index (χ0n) is 22.5. The monoisotopic (exact) mass is 480 g/mol. The second-order valence-electron chi connectivity index (χ2n) is 12.0. The molecule has 2 aromatic carbocycles. The Hall–Kier alpha value is -1.89. The van der Waals surface area contributed by atoms with Crippen LogP contribution in [0.2, 0.25) is 18.1 Å². The van der Waals surface area contributed by atoms with E-state index < -0.39 is 26.6 Å². The van der Waals surface area contributed by atoms with Gasteiger partial charge in [-0.2, -0.15) is 0 Å². The van der Waals surface area contributed by atoms with E-state index >= 15 is 0 Å². The molecule has 0 N–H and O–H groups in total. The molecule has 0 radical (unpaired) electrons. The number of ketones is 1. The Balaban J connectivity index is 1.86. The molecular weight excluding hydrogens is 439 g/mol. The van der Waals surface area contributed by atoms with Crippen LogP contribution >= 0.6 is 0 Å². The molecule has 2 aromatic rings. The third-order valence-electron chi connectivity index (χ3n) is 7.70. The second-order valence-corrected chi connectivity index (χ2v) is 16.7. The largest absolute Gasteiger partial charge is 0.543 e. The van der Waals surface area contributed by atoms with Crippen molar-refractivity contribution in [3.05, 3.63) is 59.7 Å². The molecule has 0 atom stereocenters. The fraction of sp³-hybridized carbons (Fsp3) is 0.536. The first kappa shape index (κ1) is 26.7. The van der Waals surface area contributed by atoms with Gasteiger partial charge in [0.2, 0.25) is 8.32 Å². The topological polar surface area (TPSA) is 44.8 Å². The lowest BCUT2D eigenvalue weighted by Gasteiger charge is -2.37. The Labute approximate surface area is 207 Å². The maximum Gasteiger partial charge on any atom is 0.494 e. The Bertz CT molecular complexity index is 993. The van der Waals surface area contributed by atoms with Crippen LogP contribution in [-0.2, 0) is 26.9 Å². The Morgan fingerprint density at radius 2 is 1.56 bits per heavy atom. The summed E-state index contributed by atoms with van der Waals surface area (Å²) in [7, 11) is -2.54. The van der Waals surface area contributed by atoms with Crippen LogP contribution in [-0.4, -0.2) is 32.4 Å². The molecule has 4 nitrogen and oxygen atoms in total. The van der Waals surface area contributed by atoms with Gasteiger partial charge in [-0.05, 0) is 74.9 Å². The van der Waals surface area contributed by atoms with Crippen LogP contribution < -0.4 is 9.89 Å². The van der Waals surface area contributed by atoms with Gasteiger partial charge >= 0.3 is 7.12 Å². The minimum atomic E-state index is -2.07. The van der Waals surface area contributed by atoms with Crippen LogP contribution in [0.3, 0.4) is 0 Å². The van der Waals surface area contributed by atoms with Gasteiger partial charge < -0.3 is 13.7 Å². The molecule has 34 heavy (non-hydrogen) atoms. The van der Waals surface area contributed by atoms with E-state index in [1.807, 2.05) is 36.4 Å². The van der Waals surface area contributed by atoms with Crippen molar-refractivity contribution in [1.29, 1.82) is 0 Å². The van der Waals surface area contributed by atoms with Crippen molar-refractivity contribution in [3.8, 4) is 5.75 Å². The number of rotatable bonds is 8. The lowest BCUT2D eigenvalue weighted by Crippen LogP contribution is -2.44. The van der Waals surface area contributed by atoms with E-state index in [-0.39, 0.29) is 10.8 Å². The molecule has 0 bridgehead atoms. The summed E-state index contributed by atoms with van der Waals surface area (Å²) in [6.45, 7) is 19.3. The van der Waals surface area contributed by atoms with Gasteiger partial charge in [-0.25, -0.2) is 0 Å². The summed E-state index contributed by atoms with van der Waals surface area (Å²) in [6.07, 6.45) is 1.59. The summed E-state index contributed by atoms with van der Waals surface area (Å²) in [6, 6.07) is 16.2. The van der Waals surface area contributed by atoms with Gasteiger partial charge in [0.1, 0.15) is 11.5 Å². The van der Waals surface area contributed by atoms with Crippen LogP contribution in [0.1, 0.15) is 66.0 Å². The van der Waals surface area contributed by atoms with Crippen LogP contribution in [0.4, 0.5) is 0 Å². The van der Waals surface area contributed by atoms with Crippen LogP contribution in [0.5, 0.6) is 5.75 Å². The number of hydrogen-bond acceptors (Lipinski definition) is 4. The zero-order chi connectivity index (χ0) is 25.4. The molecule has 0 aromatic heterocycles. The van der Waals surface area contributed by atoms with E-state index in [1.165, 1.54) is 5.56 Å². The van der Waals surface area contributed by atoms with Gasteiger partial charge in [0.15, 0.2) is 0 Å². The molecule has 1 fully saturated rings. The lowest BCUT2D eigenvalue weighted by molar-refractivity contribution is -0.118. The number of hydrogen-bond donors (Lipinski definition) is 0. The third kappa shape index (κ3) is 6.02. The summed E-state index contributed by atoms with van der Waals surface area (Å²) in [5, 5.41) is 0.0615. The van der Waals surface area contributed by atoms with E-state index in [0.717, 1.165) is 23.2 Å². The molecule has 0 aliphatic carbocycles. The van der Waals surface area contributed by atoms with E-state index in [4.69, 9.17) is 13.7 Å². The third-order valence-corrected chi connectivity index (χ3v) is 12.0. The molecule has 1 aliphatic rings. The maximum atomic E-state index is 13.0. The van der Waals surface area contributed by atoms with Crippen molar-refractivity contribution in [2.75, 3.05) is 0 Å². The average molecular weight is 481 g/mol. The first-order valence-electron chi connectivity index (χ1n) is 12.3. The summed E-state index contributed by atoms with van der Waals surface area (Å²) >= 11 is 0. The maximum absolute atomic E-state index is 13.0. The van der Waals surface area contributed by atoms with E-state index in [9.17, 15) is 4.79 Å². The van der Waals surface area contributed by atoms with Gasteiger partial charge in [-0.3, -0.25) is 4.79 Å². The highest BCUT2D eigenvalue weighted by Gasteiger charge is 2.51. The highest BCUT2D eigenvalue weighted by atomic mass is 28.4. The number of aryl methyl sites for hydroxylation is 1. The zero-order valence-corrected chi connectivity index (χ0v) is 23.5. The number of Topliss-reactive ketones (excluding diaryl/α,β-unsaturated/α-hetero) is 1. The molecule has 0 unspecified atom stereocenters.